The van der Waals surface area contributed by atoms with Crippen molar-refractivity contribution in [1.82, 2.24) is 0 Å². The number of ether oxygens (including phenoxy) is 2. The van der Waals surface area contributed by atoms with Gasteiger partial charge in [0.2, 0.25) is 0 Å². The van der Waals surface area contributed by atoms with Crippen LogP contribution in [0.3, 0.4) is 0 Å². The molecule has 0 N–H and O–H groups in total. The Morgan fingerprint density at radius 2 is 1.19 bits per heavy atom. The van der Waals surface area contributed by atoms with Crippen molar-refractivity contribution in [3.05, 3.63) is 49.6 Å². The first-order chi connectivity index (χ1) is 7.54. The Balaban J connectivity index is 4.31. The highest BCUT2D eigenvalue weighted by molar-refractivity contribution is 6.06. The number of carbonyl (C=O) groups is 2. The number of carbonyl (C=O) groups excluding carboxylic acids is 2. The molecule has 0 heterocycles. The third-order valence-electron chi connectivity index (χ3n) is 1.52. The first-order valence-electron chi connectivity index (χ1n) is 4.48. The highest BCUT2D eigenvalue weighted by Crippen LogP contribution is 2.09. The fraction of sp³-hybridized carbons (Fsp3) is 0.167. The maximum absolute atomic E-state index is 11.3. The molecule has 16 heavy (non-hydrogen) atoms. The number of hydrogen-bond donors (Lipinski definition) is 0. The van der Waals surface area contributed by atoms with Crippen LogP contribution < -0.4 is 0 Å². The molecule has 0 aliphatic heterocycles. The quantitative estimate of drug-likeness (QED) is 0.284. The van der Waals surface area contributed by atoms with Crippen LogP contribution in [-0.2, 0) is 19.1 Å². The molecule has 0 saturated heterocycles. The summed E-state index contributed by atoms with van der Waals surface area (Å²) in [6.45, 7) is 13.7. The van der Waals surface area contributed by atoms with Gasteiger partial charge in [-0.3, -0.25) is 0 Å². The zero-order chi connectivity index (χ0) is 12.6. The molecular formula is C12H14O4. The van der Waals surface area contributed by atoms with Crippen molar-refractivity contribution in [2.24, 2.45) is 0 Å². The first-order valence-corrected chi connectivity index (χ1v) is 4.48. The Hall–Kier alpha value is -2.10. The van der Waals surface area contributed by atoms with Crippen molar-refractivity contribution in [3.8, 4) is 0 Å². The number of esters is 2. The summed E-state index contributed by atoms with van der Waals surface area (Å²) in [6, 6.07) is 0. The molecule has 0 amide bonds. The molecule has 4 nitrogen and oxygen atoms in total. The average molecular weight is 222 g/mol. The fourth-order valence-electron chi connectivity index (χ4n) is 0.690. The van der Waals surface area contributed by atoms with Crippen molar-refractivity contribution in [3.63, 3.8) is 0 Å². The third-order valence-corrected chi connectivity index (χ3v) is 1.52. The normalized spacial score (nSPS) is 8.75. The number of hydrogen-bond acceptors (Lipinski definition) is 4. The third kappa shape index (κ3) is 4.41. The van der Waals surface area contributed by atoms with Gasteiger partial charge >= 0.3 is 11.9 Å². The molecule has 0 fully saturated rings. The molecule has 0 aromatic rings. The Bertz CT molecular complexity index is 305. The maximum atomic E-state index is 11.3. The van der Waals surface area contributed by atoms with E-state index in [-0.39, 0.29) is 24.4 Å². The van der Waals surface area contributed by atoms with E-state index in [1.165, 1.54) is 12.2 Å². The van der Waals surface area contributed by atoms with Gasteiger partial charge in [0.15, 0.2) is 0 Å². The second kappa shape index (κ2) is 7.23. The van der Waals surface area contributed by atoms with Gasteiger partial charge in [-0.15, -0.1) is 0 Å². The lowest BCUT2D eigenvalue weighted by Gasteiger charge is -2.07. The molecule has 0 unspecified atom stereocenters. The summed E-state index contributed by atoms with van der Waals surface area (Å²) in [5.41, 5.74) is -0.258. The average Bonchev–Trinajstić information content (AvgIpc) is 2.30. The van der Waals surface area contributed by atoms with Crippen LogP contribution >= 0.6 is 0 Å². The Morgan fingerprint density at radius 1 is 0.875 bits per heavy atom. The molecule has 0 radical (unpaired) electrons. The maximum Gasteiger partial charge on any atom is 0.338 e. The molecule has 0 bridgehead atoms. The van der Waals surface area contributed by atoms with Crippen LogP contribution in [0.25, 0.3) is 0 Å². The largest absolute Gasteiger partial charge is 0.458 e. The Kier molecular flexibility index (Phi) is 6.28. The van der Waals surface area contributed by atoms with E-state index >= 15 is 0 Å². The van der Waals surface area contributed by atoms with Gasteiger partial charge in [0.25, 0.3) is 0 Å². The van der Waals surface area contributed by atoms with E-state index < -0.39 is 11.9 Å². The molecule has 0 aromatic heterocycles. The van der Waals surface area contributed by atoms with Crippen LogP contribution in [0.15, 0.2) is 49.6 Å². The molecule has 0 saturated carbocycles. The lowest BCUT2D eigenvalue weighted by atomic mass is 10.1. The van der Waals surface area contributed by atoms with Gasteiger partial charge in [-0.1, -0.05) is 38.5 Å². The Morgan fingerprint density at radius 3 is 1.44 bits per heavy atom. The van der Waals surface area contributed by atoms with Crippen molar-refractivity contribution < 1.29 is 19.1 Å². The molecular weight excluding hydrogens is 208 g/mol. The fourth-order valence-corrected chi connectivity index (χ4v) is 0.690. The van der Waals surface area contributed by atoms with E-state index in [0.29, 0.717) is 0 Å². The molecule has 86 valence electrons. The lowest BCUT2D eigenvalue weighted by Crippen LogP contribution is -2.15. The summed E-state index contributed by atoms with van der Waals surface area (Å²) in [7, 11) is 0. The standard InChI is InChI=1S/C12H14O4/c1-5-7-15-11(13)9(3)10(4)12(14)16-8-6-2/h5-6H,1-4,7-8H2. The van der Waals surface area contributed by atoms with E-state index in [1.807, 2.05) is 0 Å². The molecule has 4 heteroatoms. The van der Waals surface area contributed by atoms with Crippen molar-refractivity contribution >= 4 is 11.9 Å². The highest BCUT2D eigenvalue weighted by atomic mass is 16.5. The zero-order valence-electron chi connectivity index (χ0n) is 9.03. The Labute approximate surface area is 94.5 Å². The molecule has 0 aromatic carbocycles. The predicted octanol–water partition coefficient (Wildman–Crippen LogP) is 1.56. The minimum absolute atomic E-state index is 0.0485. The molecule has 0 rings (SSSR count). The highest BCUT2D eigenvalue weighted by Gasteiger charge is 2.18. The van der Waals surface area contributed by atoms with Crippen LogP contribution in [0.1, 0.15) is 0 Å². The lowest BCUT2D eigenvalue weighted by molar-refractivity contribution is -0.141. The summed E-state index contributed by atoms with van der Waals surface area (Å²) in [6.07, 6.45) is 2.81. The first kappa shape index (κ1) is 13.9. The van der Waals surface area contributed by atoms with Crippen molar-refractivity contribution in [2.45, 2.75) is 0 Å². The van der Waals surface area contributed by atoms with E-state index in [9.17, 15) is 9.59 Å². The summed E-state index contributed by atoms with van der Waals surface area (Å²) in [5.74, 6) is -1.44. The summed E-state index contributed by atoms with van der Waals surface area (Å²) in [4.78, 5) is 22.5. The number of rotatable bonds is 7. The van der Waals surface area contributed by atoms with Gasteiger partial charge in [0.1, 0.15) is 13.2 Å². The summed E-state index contributed by atoms with van der Waals surface area (Å²) < 4.78 is 9.37. The second-order valence-corrected chi connectivity index (χ2v) is 2.73. The van der Waals surface area contributed by atoms with Gasteiger partial charge in [0.05, 0.1) is 11.1 Å². The van der Waals surface area contributed by atoms with Gasteiger partial charge in [-0.05, 0) is 0 Å². The zero-order valence-corrected chi connectivity index (χ0v) is 9.03. The summed E-state index contributed by atoms with van der Waals surface area (Å²) >= 11 is 0. The molecule has 0 aliphatic rings. The molecule has 0 aliphatic carbocycles. The smallest absolute Gasteiger partial charge is 0.338 e. The van der Waals surface area contributed by atoms with Gasteiger partial charge < -0.3 is 9.47 Å². The van der Waals surface area contributed by atoms with Crippen molar-refractivity contribution in [1.29, 1.82) is 0 Å². The molecule has 0 spiro atoms. The van der Waals surface area contributed by atoms with Crippen LogP contribution in [0.4, 0.5) is 0 Å². The molecule has 0 atom stereocenters. The van der Waals surface area contributed by atoms with Gasteiger partial charge in [-0.2, -0.15) is 0 Å². The van der Waals surface area contributed by atoms with E-state index in [2.05, 4.69) is 35.8 Å². The van der Waals surface area contributed by atoms with Gasteiger partial charge in [0, 0.05) is 0 Å². The van der Waals surface area contributed by atoms with Crippen LogP contribution in [-0.4, -0.2) is 25.2 Å². The van der Waals surface area contributed by atoms with Crippen LogP contribution in [0.5, 0.6) is 0 Å². The SMILES string of the molecule is C=CCOC(=O)C(=C)C(=C)C(=O)OCC=C. The second-order valence-electron chi connectivity index (χ2n) is 2.73. The van der Waals surface area contributed by atoms with E-state index in [1.54, 1.807) is 0 Å². The minimum Gasteiger partial charge on any atom is -0.458 e. The van der Waals surface area contributed by atoms with Crippen LogP contribution in [0.2, 0.25) is 0 Å². The monoisotopic (exact) mass is 222 g/mol. The topological polar surface area (TPSA) is 52.6 Å². The predicted molar refractivity (Wildman–Crippen MR) is 60.6 cm³/mol. The van der Waals surface area contributed by atoms with Gasteiger partial charge in [-0.25, -0.2) is 9.59 Å². The van der Waals surface area contributed by atoms with E-state index in [4.69, 9.17) is 0 Å². The van der Waals surface area contributed by atoms with Crippen LogP contribution in [0, 0.1) is 0 Å². The minimum atomic E-state index is -0.722. The van der Waals surface area contributed by atoms with Crippen molar-refractivity contribution in [2.75, 3.05) is 13.2 Å². The van der Waals surface area contributed by atoms with E-state index in [0.717, 1.165) is 0 Å². The summed E-state index contributed by atoms with van der Waals surface area (Å²) in [5, 5.41) is 0.